The van der Waals surface area contributed by atoms with Crippen LogP contribution in [-0.2, 0) is 11.2 Å². The van der Waals surface area contributed by atoms with Crippen LogP contribution in [0.4, 0.5) is 5.69 Å². The number of H-pyrrole nitrogens is 1. The number of carbonyl (C=O) groups excluding carboxylic acids is 1. The Morgan fingerprint density at radius 2 is 2.00 bits per heavy atom. The van der Waals surface area contributed by atoms with Crippen LogP contribution in [-0.4, -0.2) is 22.9 Å². The number of hydrogen-bond donors (Lipinski definition) is 1. The molecule has 0 aliphatic heterocycles. The van der Waals surface area contributed by atoms with Gasteiger partial charge in [0, 0.05) is 12.7 Å². The van der Waals surface area contributed by atoms with Crippen LogP contribution in [0.3, 0.4) is 0 Å². The van der Waals surface area contributed by atoms with Crippen LogP contribution in [0, 0.1) is 0 Å². The number of imidazole rings is 1. The zero-order chi connectivity index (χ0) is 13.9. The molecule has 4 heteroatoms. The Morgan fingerprint density at radius 1 is 1.20 bits per heavy atom. The molecule has 2 aromatic carbocycles. The Hall–Kier alpha value is -2.62. The lowest BCUT2D eigenvalue weighted by Gasteiger charge is -2.17. The quantitative estimate of drug-likeness (QED) is 0.791. The SMILES string of the molecule is CN(C(=O)Cc1ccccc1)c1ccc2nc[nH]c2c1. The molecule has 0 saturated carbocycles. The van der Waals surface area contributed by atoms with E-state index in [4.69, 9.17) is 0 Å². The van der Waals surface area contributed by atoms with Crippen molar-refractivity contribution in [2.75, 3.05) is 11.9 Å². The summed E-state index contributed by atoms with van der Waals surface area (Å²) in [6.07, 6.45) is 2.05. The lowest BCUT2D eigenvalue weighted by Crippen LogP contribution is -2.27. The van der Waals surface area contributed by atoms with Crippen LogP contribution in [0.5, 0.6) is 0 Å². The maximum absolute atomic E-state index is 12.3. The second-order valence-corrected chi connectivity index (χ2v) is 4.72. The van der Waals surface area contributed by atoms with Crippen LogP contribution >= 0.6 is 0 Å². The van der Waals surface area contributed by atoms with E-state index in [0.717, 1.165) is 22.3 Å². The van der Waals surface area contributed by atoms with Crippen molar-refractivity contribution in [2.45, 2.75) is 6.42 Å². The highest BCUT2D eigenvalue weighted by molar-refractivity contribution is 5.96. The number of aromatic amines is 1. The van der Waals surface area contributed by atoms with E-state index in [1.807, 2.05) is 48.5 Å². The number of hydrogen-bond acceptors (Lipinski definition) is 2. The molecule has 0 bridgehead atoms. The molecule has 0 saturated heterocycles. The first-order valence-corrected chi connectivity index (χ1v) is 6.47. The van der Waals surface area contributed by atoms with E-state index < -0.39 is 0 Å². The van der Waals surface area contributed by atoms with Gasteiger partial charge < -0.3 is 9.88 Å². The summed E-state index contributed by atoms with van der Waals surface area (Å²) in [5.41, 5.74) is 3.72. The van der Waals surface area contributed by atoms with E-state index >= 15 is 0 Å². The molecule has 1 heterocycles. The molecule has 1 N–H and O–H groups in total. The van der Waals surface area contributed by atoms with Crippen molar-refractivity contribution in [1.29, 1.82) is 0 Å². The molecule has 4 nitrogen and oxygen atoms in total. The molecule has 0 radical (unpaired) electrons. The third-order valence-corrected chi connectivity index (χ3v) is 3.36. The van der Waals surface area contributed by atoms with Crippen molar-refractivity contribution in [3.05, 3.63) is 60.4 Å². The second kappa shape index (κ2) is 5.17. The number of nitrogens with one attached hydrogen (secondary N) is 1. The van der Waals surface area contributed by atoms with Crippen molar-refractivity contribution in [2.24, 2.45) is 0 Å². The predicted octanol–water partition coefficient (Wildman–Crippen LogP) is 2.77. The summed E-state index contributed by atoms with van der Waals surface area (Å²) >= 11 is 0. The molecule has 3 aromatic rings. The molecule has 0 atom stereocenters. The molecule has 0 unspecified atom stereocenters. The van der Waals surface area contributed by atoms with Gasteiger partial charge in [0.15, 0.2) is 0 Å². The highest BCUT2D eigenvalue weighted by atomic mass is 16.2. The minimum Gasteiger partial charge on any atom is -0.345 e. The number of carbonyl (C=O) groups is 1. The molecular weight excluding hydrogens is 250 g/mol. The van der Waals surface area contributed by atoms with Gasteiger partial charge in [-0.15, -0.1) is 0 Å². The molecule has 0 spiro atoms. The van der Waals surface area contributed by atoms with Gasteiger partial charge in [0.25, 0.3) is 0 Å². The molecule has 0 aliphatic rings. The summed E-state index contributed by atoms with van der Waals surface area (Å²) in [6.45, 7) is 0. The topological polar surface area (TPSA) is 49.0 Å². The van der Waals surface area contributed by atoms with Gasteiger partial charge in [-0.1, -0.05) is 30.3 Å². The van der Waals surface area contributed by atoms with Crippen molar-refractivity contribution in [3.8, 4) is 0 Å². The standard InChI is InChI=1S/C16H15N3O/c1-19(16(20)9-12-5-3-2-4-6-12)13-7-8-14-15(10-13)18-11-17-14/h2-8,10-11H,9H2,1H3,(H,17,18). The highest BCUT2D eigenvalue weighted by Crippen LogP contribution is 2.19. The van der Waals surface area contributed by atoms with Crippen LogP contribution in [0.25, 0.3) is 11.0 Å². The van der Waals surface area contributed by atoms with Crippen LogP contribution in [0.1, 0.15) is 5.56 Å². The number of rotatable bonds is 3. The fourth-order valence-corrected chi connectivity index (χ4v) is 2.17. The van der Waals surface area contributed by atoms with Crippen molar-refractivity contribution in [1.82, 2.24) is 9.97 Å². The van der Waals surface area contributed by atoms with Crippen molar-refractivity contribution < 1.29 is 4.79 Å². The molecule has 100 valence electrons. The van der Waals surface area contributed by atoms with Gasteiger partial charge in [-0.25, -0.2) is 4.98 Å². The number of benzene rings is 2. The van der Waals surface area contributed by atoms with Gasteiger partial charge in [-0.2, -0.15) is 0 Å². The van der Waals surface area contributed by atoms with Crippen LogP contribution in [0.15, 0.2) is 54.9 Å². The molecular formula is C16H15N3O. The number of amides is 1. The van der Waals surface area contributed by atoms with Crippen molar-refractivity contribution in [3.63, 3.8) is 0 Å². The third-order valence-electron chi connectivity index (χ3n) is 3.36. The Bertz CT molecular complexity index is 734. The lowest BCUT2D eigenvalue weighted by atomic mass is 10.1. The first-order valence-electron chi connectivity index (χ1n) is 6.47. The summed E-state index contributed by atoms with van der Waals surface area (Å²) in [6, 6.07) is 15.5. The molecule has 1 aromatic heterocycles. The van der Waals surface area contributed by atoms with E-state index in [1.165, 1.54) is 0 Å². The van der Waals surface area contributed by atoms with E-state index in [1.54, 1.807) is 18.3 Å². The average molecular weight is 265 g/mol. The van der Waals surface area contributed by atoms with Crippen LogP contribution < -0.4 is 4.90 Å². The molecule has 1 amide bonds. The number of likely N-dealkylation sites (N-methyl/N-ethyl adjacent to an activating group) is 1. The summed E-state index contributed by atoms with van der Waals surface area (Å²) in [5, 5.41) is 0. The van der Waals surface area contributed by atoms with Gasteiger partial charge in [-0.3, -0.25) is 4.79 Å². The lowest BCUT2D eigenvalue weighted by molar-refractivity contribution is -0.117. The third kappa shape index (κ3) is 2.40. The summed E-state index contributed by atoms with van der Waals surface area (Å²) in [4.78, 5) is 21.2. The monoisotopic (exact) mass is 265 g/mol. The minimum absolute atomic E-state index is 0.0649. The average Bonchev–Trinajstić information content (AvgIpc) is 2.94. The zero-order valence-corrected chi connectivity index (χ0v) is 11.2. The number of anilines is 1. The highest BCUT2D eigenvalue weighted by Gasteiger charge is 2.12. The van der Waals surface area contributed by atoms with Gasteiger partial charge in [-0.05, 0) is 23.8 Å². The Morgan fingerprint density at radius 3 is 2.80 bits per heavy atom. The summed E-state index contributed by atoms with van der Waals surface area (Å²) in [5.74, 6) is 0.0649. The van der Waals surface area contributed by atoms with Crippen LogP contribution in [0.2, 0.25) is 0 Å². The Balaban J connectivity index is 1.80. The van der Waals surface area contributed by atoms with Gasteiger partial charge in [0.1, 0.15) is 0 Å². The fraction of sp³-hybridized carbons (Fsp3) is 0.125. The summed E-state index contributed by atoms with van der Waals surface area (Å²) in [7, 11) is 1.79. The largest absolute Gasteiger partial charge is 0.345 e. The van der Waals surface area contributed by atoms with Gasteiger partial charge >= 0.3 is 0 Å². The van der Waals surface area contributed by atoms with Gasteiger partial charge in [0.2, 0.25) is 5.91 Å². The van der Waals surface area contributed by atoms with E-state index in [0.29, 0.717) is 6.42 Å². The maximum Gasteiger partial charge on any atom is 0.231 e. The summed E-state index contributed by atoms with van der Waals surface area (Å²) < 4.78 is 0. The second-order valence-electron chi connectivity index (χ2n) is 4.72. The van der Waals surface area contributed by atoms with E-state index in [-0.39, 0.29) is 5.91 Å². The number of aromatic nitrogens is 2. The number of nitrogens with zero attached hydrogens (tertiary/aromatic N) is 2. The van der Waals surface area contributed by atoms with Gasteiger partial charge in [0.05, 0.1) is 23.8 Å². The van der Waals surface area contributed by atoms with E-state index in [9.17, 15) is 4.79 Å². The molecule has 0 aliphatic carbocycles. The normalized spacial score (nSPS) is 10.7. The first-order chi connectivity index (χ1) is 9.74. The molecule has 0 fully saturated rings. The molecule has 3 rings (SSSR count). The van der Waals surface area contributed by atoms with E-state index in [2.05, 4.69) is 9.97 Å². The first kappa shape index (κ1) is 12.4. The molecule has 20 heavy (non-hydrogen) atoms. The Kier molecular flexibility index (Phi) is 3.21. The maximum atomic E-state index is 12.3. The number of fused-ring (bicyclic) bond motifs is 1. The van der Waals surface area contributed by atoms with Crippen molar-refractivity contribution >= 4 is 22.6 Å². The zero-order valence-electron chi connectivity index (χ0n) is 11.2. The fourth-order valence-electron chi connectivity index (χ4n) is 2.17. The smallest absolute Gasteiger partial charge is 0.231 e. The predicted molar refractivity (Wildman–Crippen MR) is 79.6 cm³/mol. The Labute approximate surface area is 117 Å². The minimum atomic E-state index is 0.0649.